The third kappa shape index (κ3) is 2.64. The molecular formula is C18H16ClNO3. The molecule has 3 rings (SSSR count). The van der Waals surface area contributed by atoms with Gasteiger partial charge in [-0.05, 0) is 18.6 Å². The molecule has 2 aromatic rings. The summed E-state index contributed by atoms with van der Waals surface area (Å²) in [4.78, 5) is 25.5. The van der Waals surface area contributed by atoms with Gasteiger partial charge in [0.15, 0.2) is 11.6 Å². The first-order chi connectivity index (χ1) is 11.0. The molecule has 0 heterocycles. The monoisotopic (exact) mass is 329 g/mol. The average Bonchev–Trinajstić information content (AvgIpc) is 2.58. The van der Waals surface area contributed by atoms with Gasteiger partial charge in [0, 0.05) is 28.9 Å². The van der Waals surface area contributed by atoms with E-state index in [1.54, 1.807) is 36.4 Å². The van der Waals surface area contributed by atoms with E-state index in [2.05, 4.69) is 5.32 Å². The van der Waals surface area contributed by atoms with Crippen LogP contribution >= 0.6 is 11.6 Å². The van der Waals surface area contributed by atoms with Crippen LogP contribution in [-0.4, -0.2) is 35.2 Å². The molecule has 0 bridgehead atoms. The van der Waals surface area contributed by atoms with Crippen molar-refractivity contribution in [3.8, 4) is 0 Å². The maximum atomic E-state index is 12.9. The third-order valence-electron chi connectivity index (χ3n) is 3.99. The molecule has 0 amide bonds. The van der Waals surface area contributed by atoms with Crippen LogP contribution in [0.2, 0.25) is 0 Å². The summed E-state index contributed by atoms with van der Waals surface area (Å²) >= 11 is 5.61. The van der Waals surface area contributed by atoms with Crippen LogP contribution in [0.1, 0.15) is 37.4 Å². The lowest BCUT2D eigenvalue weighted by Gasteiger charge is -2.23. The summed E-state index contributed by atoms with van der Waals surface area (Å²) in [7, 11) is 0. The van der Waals surface area contributed by atoms with Gasteiger partial charge >= 0.3 is 0 Å². The number of nitrogens with one attached hydrogen (secondary N) is 1. The maximum Gasteiger partial charge on any atom is 0.196 e. The fourth-order valence-corrected chi connectivity index (χ4v) is 2.90. The Labute approximate surface area is 139 Å². The Morgan fingerprint density at radius 3 is 2.35 bits per heavy atom. The van der Waals surface area contributed by atoms with E-state index in [4.69, 9.17) is 11.6 Å². The number of aryl methyl sites for hydroxylation is 1. The van der Waals surface area contributed by atoms with Crippen LogP contribution in [0.3, 0.4) is 0 Å². The average molecular weight is 330 g/mol. The van der Waals surface area contributed by atoms with Gasteiger partial charge in [-0.3, -0.25) is 9.59 Å². The molecule has 1 aliphatic rings. The minimum atomic E-state index is -0.728. The van der Waals surface area contributed by atoms with Gasteiger partial charge < -0.3 is 10.4 Å². The highest BCUT2D eigenvalue weighted by Crippen LogP contribution is 2.33. The lowest BCUT2D eigenvalue weighted by Crippen LogP contribution is -2.26. The third-order valence-corrected chi connectivity index (χ3v) is 4.35. The first kappa shape index (κ1) is 15.7. The second-order valence-corrected chi connectivity index (χ2v) is 5.88. The molecule has 0 aromatic heterocycles. The Hall–Kier alpha value is -2.17. The van der Waals surface area contributed by atoms with Crippen molar-refractivity contribution < 1.29 is 14.7 Å². The molecule has 118 valence electrons. The zero-order chi connectivity index (χ0) is 16.6. The largest absolute Gasteiger partial charge is 0.390 e. The van der Waals surface area contributed by atoms with Crippen LogP contribution in [0.15, 0.2) is 36.4 Å². The zero-order valence-corrected chi connectivity index (χ0v) is 13.4. The Kier molecular flexibility index (Phi) is 4.20. The van der Waals surface area contributed by atoms with E-state index < -0.39 is 6.10 Å². The van der Waals surface area contributed by atoms with Crippen molar-refractivity contribution in [2.75, 3.05) is 17.7 Å². The van der Waals surface area contributed by atoms with Crippen molar-refractivity contribution in [1.29, 1.82) is 0 Å². The highest BCUT2D eigenvalue weighted by atomic mass is 35.5. The number of aliphatic hydroxyl groups excluding tert-OH is 1. The number of fused-ring (bicyclic) bond motifs is 2. The molecule has 0 aliphatic heterocycles. The Balaban J connectivity index is 2.11. The number of ketones is 2. The highest BCUT2D eigenvalue weighted by molar-refractivity contribution is 6.30. The summed E-state index contributed by atoms with van der Waals surface area (Å²) in [6.45, 7) is 2.07. The van der Waals surface area contributed by atoms with Crippen molar-refractivity contribution in [3.63, 3.8) is 0 Å². The number of hydrogen-bond acceptors (Lipinski definition) is 4. The topological polar surface area (TPSA) is 66.4 Å². The molecule has 0 spiro atoms. The second kappa shape index (κ2) is 6.14. The first-order valence-corrected chi connectivity index (χ1v) is 7.88. The predicted octanol–water partition coefficient (Wildman–Crippen LogP) is 2.78. The molecular weight excluding hydrogens is 314 g/mol. The number of aliphatic hydroxyl groups is 1. The summed E-state index contributed by atoms with van der Waals surface area (Å²) in [6, 6.07) is 10.3. The molecule has 1 unspecified atom stereocenters. The standard InChI is InChI=1S/C18H16ClNO3/c1-10-6-7-14-15(16(10)20-9-11(21)8-19)18(23)13-5-3-2-4-12(13)17(14)22/h2-7,11,20-21H,8-9H2,1H3. The first-order valence-electron chi connectivity index (χ1n) is 7.34. The molecule has 1 aliphatic carbocycles. The van der Waals surface area contributed by atoms with E-state index in [1.165, 1.54) is 0 Å². The fraction of sp³-hybridized carbons (Fsp3) is 0.222. The fourth-order valence-electron chi connectivity index (χ4n) is 2.79. The van der Waals surface area contributed by atoms with Crippen LogP contribution in [-0.2, 0) is 0 Å². The normalized spacial score (nSPS) is 14.2. The molecule has 2 N–H and O–H groups in total. The predicted molar refractivity (Wildman–Crippen MR) is 89.7 cm³/mol. The van der Waals surface area contributed by atoms with Gasteiger partial charge in [0.2, 0.25) is 0 Å². The minimum absolute atomic E-state index is 0.0940. The SMILES string of the molecule is Cc1ccc2c(c1NCC(O)CCl)C(=O)c1ccccc1C2=O. The van der Waals surface area contributed by atoms with Gasteiger partial charge in [0.1, 0.15) is 0 Å². The van der Waals surface area contributed by atoms with Crippen molar-refractivity contribution >= 4 is 28.9 Å². The Morgan fingerprint density at radius 2 is 1.70 bits per heavy atom. The number of anilines is 1. The number of carbonyl (C=O) groups is 2. The van der Waals surface area contributed by atoms with Crippen LogP contribution in [0, 0.1) is 6.92 Å². The van der Waals surface area contributed by atoms with E-state index >= 15 is 0 Å². The van der Waals surface area contributed by atoms with Crippen LogP contribution in [0.5, 0.6) is 0 Å². The van der Waals surface area contributed by atoms with Crippen LogP contribution < -0.4 is 5.32 Å². The van der Waals surface area contributed by atoms with Gasteiger partial charge in [-0.1, -0.05) is 30.3 Å². The smallest absolute Gasteiger partial charge is 0.196 e. The van der Waals surface area contributed by atoms with Gasteiger partial charge in [0.25, 0.3) is 0 Å². The van der Waals surface area contributed by atoms with Crippen LogP contribution in [0.4, 0.5) is 5.69 Å². The molecule has 1 atom stereocenters. The maximum absolute atomic E-state index is 12.9. The number of rotatable bonds is 4. The number of hydrogen-bond donors (Lipinski definition) is 2. The van der Waals surface area contributed by atoms with Gasteiger partial charge in [0.05, 0.1) is 17.5 Å². The Morgan fingerprint density at radius 1 is 1.04 bits per heavy atom. The van der Waals surface area contributed by atoms with E-state index in [1.807, 2.05) is 6.92 Å². The van der Waals surface area contributed by atoms with Crippen molar-refractivity contribution in [1.82, 2.24) is 0 Å². The molecule has 0 radical (unpaired) electrons. The lowest BCUT2D eigenvalue weighted by molar-refractivity contribution is 0.0979. The van der Waals surface area contributed by atoms with Gasteiger partial charge in [-0.2, -0.15) is 0 Å². The summed E-state index contributed by atoms with van der Waals surface area (Å²) in [5.74, 6) is -0.241. The lowest BCUT2D eigenvalue weighted by atomic mass is 9.82. The number of benzene rings is 2. The van der Waals surface area contributed by atoms with Gasteiger partial charge in [-0.25, -0.2) is 0 Å². The van der Waals surface area contributed by atoms with E-state index in [0.29, 0.717) is 27.9 Å². The number of carbonyl (C=O) groups excluding carboxylic acids is 2. The quantitative estimate of drug-likeness (QED) is 0.722. The van der Waals surface area contributed by atoms with Gasteiger partial charge in [-0.15, -0.1) is 11.6 Å². The molecule has 4 nitrogen and oxygen atoms in total. The Bertz CT molecular complexity index is 801. The van der Waals surface area contributed by atoms with Crippen LogP contribution in [0.25, 0.3) is 0 Å². The molecule has 0 fully saturated rings. The molecule has 2 aromatic carbocycles. The van der Waals surface area contributed by atoms with E-state index in [-0.39, 0.29) is 24.0 Å². The number of halogens is 1. The van der Waals surface area contributed by atoms with Crippen molar-refractivity contribution in [2.45, 2.75) is 13.0 Å². The van der Waals surface area contributed by atoms with Crippen molar-refractivity contribution in [3.05, 3.63) is 64.2 Å². The summed E-state index contributed by atoms with van der Waals surface area (Å²) in [5, 5.41) is 12.7. The number of alkyl halides is 1. The zero-order valence-electron chi connectivity index (χ0n) is 12.6. The summed E-state index contributed by atoms with van der Waals surface area (Å²) in [5.41, 5.74) is 3.03. The second-order valence-electron chi connectivity index (χ2n) is 5.57. The van der Waals surface area contributed by atoms with Crippen molar-refractivity contribution in [2.24, 2.45) is 0 Å². The summed E-state index contributed by atoms with van der Waals surface area (Å²) in [6.07, 6.45) is -0.728. The summed E-state index contributed by atoms with van der Waals surface area (Å²) < 4.78 is 0. The minimum Gasteiger partial charge on any atom is -0.390 e. The molecule has 5 heteroatoms. The van der Waals surface area contributed by atoms with E-state index in [9.17, 15) is 14.7 Å². The molecule has 0 saturated heterocycles. The molecule has 0 saturated carbocycles. The molecule has 23 heavy (non-hydrogen) atoms. The van der Waals surface area contributed by atoms with E-state index in [0.717, 1.165) is 5.56 Å². The highest BCUT2D eigenvalue weighted by Gasteiger charge is 2.32.